The van der Waals surface area contributed by atoms with Crippen molar-refractivity contribution in [2.75, 3.05) is 13.1 Å². The topological polar surface area (TPSA) is 84.3 Å². The molecule has 1 saturated carbocycles. The van der Waals surface area contributed by atoms with E-state index in [1.54, 1.807) is 0 Å². The Morgan fingerprint density at radius 2 is 2.29 bits per heavy atom. The van der Waals surface area contributed by atoms with Crippen LogP contribution in [0, 0.1) is 10.1 Å². The Balaban J connectivity index is 1.75. The van der Waals surface area contributed by atoms with Gasteiger partial charge < -0.3 is 10.6 Å². The summed E-state index contributed by atoms with van der Waals surface area (Å²) in [4.78, 5) is 21.5. The molecule has 1 fully saturated rings. The van der Waals surface area contributed by atoms with Crippen molar-refractivity contribution in [3.8, 4) is 0 Å². The second-order valence-electron chi connectivity index (χ2n) is 3.92. The number of hydrogen-bond donors (Lipinski definition) is 2. The van der Waals surface area contributed by atoms with Gasteiger partial charge in [-0.05, 0) is 12.8 Å². The second kappa shape index (κ2) is 5.24. The number of carbonyl (C=O) groups is 1. The smallest absolute Gasteiger partial charge is 0.324 e. The van der Waals surface area contributed by atoms with Gasteiger partial charge in [0.25, 0.3) is 5.91 Å². The molecule has 1 aromatic rings. The molecule has 0 aliphatic heterocycles. The van der Waals surface area contributed by atoms with Gasteiger partial charge in [-0.2, -0.15) is 0 Å². The van der Waals surface area contributed by atoms with Crippen LogP contribution < -0.4 is 10.6 Å². The summed E-state index contributed by atoms with van der Waals surface area (Å²) in [6.45, 7) is 1.28. The lowest BCUT2D eigenvalue weighted by Gasteiger charge is -2.04. The first-order chi connectivity index (χ1) is 8.16. The normalized spacial score (nSPS) is 14.6. The highest BCUT2D eigenvalue weighted by Gasteiger charge is 2.20. The van der Waals surface area contributed by atoms with Gasteiger partial charge in [0.2, 0.25) is 0 Å². The standard InChI is InChI=1S/C10H13N3O3S/c14-10(12-4-3-11-8-1-2-8)7-5-9(13(15)16)17-6-7/h5-6,8,11H,1-4H2,(H,12,14). The molecular formula is C10H13N3O3S. The first-order valence-corrected chi connectivity index (χ1v) is 6.29. The highest BCUT2D eigenvalue weighted by Crippen LogP contribution is 2.22. The average molecular weight is 255 g/mol. The molecule has 0 unspecified atom stereocenters. The fourth-order valence-electron chi connectivity index (χ4n) is 1.38. The number of carbonyl (C=O) groups excluding carboxylic acids is 1. The van der Waals surface area contributed by atoms with Crippen LogP contribution in [0.4, 0.5) is 5.00 Å². The van der Waals surface area contributed by atoms with Gasteiger partial charge in [-0.3, -0.25) is 14.9 Å². The van der Waals surface area contributed by atoms with Crippen LogP contribution in [0.1, 0.15) is 23.2 Å². The van der Waals surface area contributed by atoms with Crippen LogP contribution in [0.25, 0.3) is 0 Å². The maximum atomic E-state index is 11.6. The van der Waals surface area contributed by atoms with E-state index in [1.807, 2.05) is 0 Å². The first-order valence-electron chi connectivity index (χ1n) is 5.41. The van der Waals surface area contributed by atoms with Crippen molar-refractivity contribution in [1.29, 1.82) is 0 Å². The van der Waals surface area contributed by atoms with Gasteiger partial charge in [0.1, 0.15) is 0 Å². The zero-order chi connectivity index (χ0) is 12.3. The van der Waals surface area contributed by atoms with Crippen molar-refractivity contribution < 1.29 is 9.72 Å². The number of rotatable bonds is 6. The number of hydrogen-bond acceptors (Lipinski definition) is 5. The summed E-state index contributed by atoms with van der Waals surface area (Å²) >= 11 is 0.965. The predicted molar refractivity (Wildman–Crippen MR) is 64.3 cm³/mol. The van der Waals surface area contributed by atoms with Crippen molar-refractivity contribution in [1.82, 2.24) is 10.6 Å². The molecule has 0 atom stereocenters. The molecule has 1 heterocycles. The molecule has 1 aliphatic rings. The molecule has 0 bridgehead atoms. The Labute approximate surface area is 102 Å². The quantitative estimate of drug-likeness (QED) is 0.453. The summed E-state index contributed by atoms with van der Waals surface area (Å²) < 4.78 is 0. The third-order valence-corrected chi connectivity index (χ3v) is 3.33. The van der Waals surface area contributed by atoms with Crippen LogP contribution in [0.5, 0.6) is 0 Å². The molecular weight excluding hydrogens is 242 g/mol. The fraction of sp³-hybridized carbons (Fsp3) is 0.500. The largest absolute Gasteiger partial charge is 0.351 e. The lowest BCUT2D eigenvalue weighted by Crippen LogP contribution is -2.32. The Bertz CT molecular complexity index is 428. The van der Waals surface area contributed by atoms with Crippen LogP contribution >= 0.6 is 11.3 Å². The van der Waals surface area contributed by atoms with Gasteiger partial charge in [0, 0.05) is 30.6 Å². The number of nitrogens with zero attached hydrogens (tertiary/aromatic N) is 1. The van der Waals surface area contributed by atoms with Gasteiger partial charge >= 0.3 is 5.00 Å². The molecule has 0 spiro atoms. The minimum atomic E-state index is -0.490. The Morgan fingerprint density at radius 1 is 1.53 bits per heavy atom. The molecule has 1 amide bonds. The minimum Gasteiger partial charge on any atom is -0.351 e. The van der Waals surface area contributed by atoms with Gasteiger partial charge in [-0.25, -0.2) is 0 Å². The molecule has 2 rings (SSSR count). The molecule has 1 aliphatic carbocycles. The monoisotopic (exact) mass is 255 g/mol. The summed E-state index contributed by atoms with van der Waals surface area (Å²) in [5, 5.41) is 17.9. The van der Waals surface area contributed by atoms with E-state index in [9.17, 15) is 14.9 Å². The predicted octanol–water partition coefficient (Wildman–Crippen LogP) is 1.14. The van der Waals surface area contributed by atoms with Crippen LogP contribution in [-0.2, 0) is 0 Å². The van der Waals surface area contributed by atoms with Crippen molar-refractivity contribution >= 4 is 22.2 Å². The Morgan fingerprint density at radius 3 is 2.88 bits per heavy atom. The molecule has 7 heteroatoms. The van der Waals surface area contributed by atoms with E-state index in [1.165, 1.54) is 24.3 Å². The molecule has 6 nitrogen and oxygen atoms in total. The third-order valence-electron chi connectivity index (χ3n) is 2.45. The maximum absolute atomic E-state index is 11.6. The minimum absolute atomic E-state index is 0.00810. The Hall–Kier alpha value is -1.47. The van der Waals surface area contributed by atoms with Crippen LogP contribution in [0.3, 0.4) is 0 Å². The summed E-state index contributed by atoms with van der Waals surface area (Å²) in [6.07, 6.45) is 2.43. The zero-order valence-electron chi connectivity index (χ0n) is 9.14. The summed E-state index contributed by atoms with van der Waals surface area (Å²) in [7, 11) is 0. The number of amides is 1. The second-order valence-corrected chi connectivity index (χ2v) is 4.80. The highest BCUT2D eigenvalue weighted by molar-refractivity contribution is 7.13. The van der Waals surface area contributed by atoms with Crippen molar-refractivity contribution in [3.63, 3.8) is 0 Å². The number of nitrogens with one attached hydrogen (secondary N) is 2. The van der Waals surface area contributed by atoms with Gasteiger partial charge in [0.15, 0.2) is 0 Å². The SMILES string of the molecule is O=C(NCCNC1CC1)c1csc([N+](=O)[O-])c1. The van der Waals surface area contributed by atoms with E-state index in [-0.39, 0.29) is 10.9 Å². The van der Waals surface area contributed by atoms with E-state index in [0.717, 1.165) is 17.9 Å². The fourth-order valence-corrected chi connectivity index (χ4v) is 2.09. The van der Waals surface area contributed by atoms with Crippen molar-refractivity contribution in [2.45, 2.75) is 18.9 Å². The molecule has 0 aromatic carbocycles. The highest BCUT2D eigenvalue weighted by atomic mass is 32.1. The summed E-state index contributed by atoms with van der Waals surface area (Å²) in [5.74, 6) is -0.257. The van der Waals surface area contributed by atoms with Gasteiger partial charge in [-0.1, -0.05) is 11.3 Å². The Kier molecular flexibility index (Phi) is 3.70. The van der Waals surface area contributed by atoms with Gasteiger partial charge in [-0.15, -0.1) is 0 Å². The van der Waals surface area contributed by atoms with Crippen LogP contribution in [0.2, 0.25) is 0 Å². The summed E-state index contributed by atoms with van der Waals surface area (Å²) in [6, 6.07) is 1.92. The number of nitro groups is 1. The van der Waals surface area contributed by atoms with Crippen LogP contribution in [-0.4, -0.2) is 30.0 Å². The van der Waals surface area contributed by atoms with Crippen LogP contribution in [0.15, 0.2) is 11.4 Å². The van der Waals surface area contributed by atoms with E-state index >= 15 is 0 Å². The molecule has 92 valence electrons. The van der Waals surface area contributed by atoms with E-state index < -0.39 is 4.92 Å². The third kappa shape index (κ3) is 3.50. The zero-order valence-corrected chi connectivity index (χ0v) is 9.96. The molecule has 2 N–H and O–H groups in total. The van der Waals surface area contributed by atoms with E-state index in [0.29, 0.717) is 18.2 Å². The molecule has 17 heavy (non-hydrogen) atoms. The number of thiophene rings is 1. The maximum Gasteiger partial charge on any atom is 0.324 e. The molecule has 1 aromatic heterocycles. The van der Waals surface area contributed by atoms with Gasteiger partial charge in [0.05, 0.1) is 10.5 Å². The van der Waals surface area contributed by atoms with E-state index in [4.69, 9.17) is 0 Å². The van der Waals surface area contributed by atoms with Crippen molar-refractivity contribution in [3.05, 3.63) is 27.1 Å². The molecule has 0 radical (unpaired) electrons. The average Bonchev–Trinajstić information content (AvgIpc) is 2.97. The van der Waals surface area contributed by atoms with Crippen molar-refractivity contribution in [2.24, 2.45) is 0 Å². The first kappa shape index (κ1) is 12.0. The van der Waals surface area contributed by atoms with E-state index in [2.05, 4.69) is 10.6 Å². The lowest BCUT2D eigenvalue weighted by atomic mass is 10.3. The lowest BCUT2D eigenvalue weighted by molar-refractivity contribution is -0.380. The summed E-state index contributed by atoms with van der Waals surface area (Å²) in [5.41, 5.74) is 0.355. The molecule has 0 saturated heterocycles.